The third-order valence-corrected chi connectivity index (χ3v) is 9.78. The lowest BCUT2D eigenvalue weighted by molar-refractivity contribution is 0.669. The van der Waals surface area contributed by atoms with E-state index in [1.807, 2.05) is 12.1 Å². The predicted octanol–water partition coefficient (Wildman–Crippen LogP) is 11.6. The SMILES string of the molecule is Cc1ccc2c3ccc(C#N)cc3n(-c3ccc4oc5ccc(-c6cccc(-n7c8ccccc8c8ccccc87)c6)cc5c4c3)c2c1. The molecule has 10 rings (SSSR count). The van der Waals surface area contributed by atoms with E-state index in [1.54, 1.807) is 0 Å². The average Bonchev–Trinajstić information content (AvgIpc) is 3.78. The fraction of sp³-hybridized carbons (Fsp3) is 0.0227. The Morgan fingerprint density at radius 2 is 1.06 bits per heavy atom. The summed E-state index contributed by atoms with van der Waals surface area (Å²) >= 11 is 0. The lowest BCUT2D eigenvalue weighted by Crippen LogP contribution is -1.94. The van der Waals surface area contributed by atoms with Gasteiger partial charge in [-0.3, -0.25) is 0 Å². The number of benzene rings is 7. The number of rotatable bonds is 3. The van der Waals surface area contributed by atoms with Gasteiger partial charge in [0.25, 0.3) is 0 Å². The zero-order chi connectivity index (χ0) is 31.9. The number of nitrogens with zero attached hydrogens (tertiary/aromatic N) is 3. The van der Waals surface area contributed by atoms with Gasteiger partial charge in [-0.25, -0.2) is 0 Å². The summed E-state index contributed by atoms with van der Waals surface area (Å²) in [6.07, 6.45) is 0. The van der Waals surface area contributed by atoms with E-state index in [9.17, 15) is 5.26 Å². The van der Waals surface area contributed by atoms with E-state index in [2.05, 4.69) is 156 Å². The zero-order valence-corrected chi connectivity index (χ0v) is 26.1. The Hall–Kier alpha value is -6.57. The first-order valence-electron chi connectivity index (χ1n) is 16.2. The van der Waals surface area contributed by atoms with Crippen LogP contribution >= 0.6 is 0 Å². The molecule has 0 N–H and O–H groups in total. The van der Waals surface area contributed by atoms with E-state index < -0.39 is 0 Å². The van der Waals surface area contributed by atoms with Crippen molar-refractivity contribution >= 4 is 65.6 Å². The molecule has 48 heavy (non-hydrogen) atoms. The van der Waals surface area contributed by atoms with Crippen LogP contribution in [0.5, 0.6) is 0 Å². The second-order valence-corrected chi connectivity index (χ2v) is 12.6. The van der Waals surface area contributed by atoms with Gasteiger partial charge in [0.05, 0.1) is 33.7 Å². The number of aromatic nitrogens is 2. The van der Waals surface area contributed by atoms with E-state index in [-0.39, 0.29) is 0 Å². The number of hydrogen-bond donors (Lipinski definition) is 0. The van der Waals surface area contributed by atoms with Gasteiger partial charge in [0, 0.05) is 43.7 Å². The highest BCUT2D eigenvalue weighted by molar-refractivity contribution is 6.12. The molecule has 4 heteroatoms. The Labute approximate surface area is 275 Å². The molecule has 0 saturated heterocycles. The van der Waals surface area contributed by atoms with Crippen molar-refractivity contribution in [2.45, 2.75) is 6.92 Å². The first kappa shape index (κ1) is 26.6. The van der Waals surface area contributed by atoms with Gasteiger partial charge in [0.1, 0.15) is 11.2 Å². The maximum absolute atomic E-state index is 9.72. The van der Waals surface area contributed by atoms with Crippen molar-refractivity contribution in [3.8, 4) is 28.6 Å². The van der Waals surface area contributed by atoms with Crippen LogP contribution < -0.4 is 0 Å². The molecule has 0 bridgehead atoms. The second-order valence-electron chi connectivity index (χ2n) is 12.6. The van der Waals surface area contributed by atoms with Gasteiger partial charge in [-0.05, 0) is 96.4 Å². The van der Waals surface area contributed by atoms with Crippen LogP contribution in [-0.4, -0.2) is 9.13 Å². The van der Waals surface area contributed by atoms with Gasteiger partial charge < -0.3 is 13.6 Å². The van der Waals surface area contributed by atoms with Crippen molar-refractivity contribution in [3.63, 3.8) is 0 Å². The van der Waals surface area contributed by atoms with Crippen molar-refractivity contribution < 1.29 is 4.42 Å². The molecule has 0 saturated carbocycles. The van der Waals surface area contributed by atoms with Crippen LogP contribution in [0.4, 0.5) is 0 Å². The van der Waals surface area contributed by atoms with Gasteiger partial charge in [-0.2, -0.15) is 5.26 Å². The standard InChI is InChI=1S/C44H27N3O/c1-27-13-17-35-36-18-14-28(26-45)22-42(36)47(41(35)21-27)32-16-20-44-38(25-32)37-24-30(15-19-43(37)48-44)29-7-6-8-31(23-29)46-39-11-4-2-9-33(39)34-10-3-5-12-40(34)46/h2-25H,1H3. The Bertz CT molecular complexity index is 2930. The number of aryl methyl sites for hydroxylation is 1. The predicted molar refractivity (Wildman–Crippen MR) is 197 cm³/mol. The molecule has 0 unspecified atom stereocenters. The van der Waals surface area contributed by atoms with Gasteiger partial charge in [-0.1, -0.05) is 72.8 Å². The maximum Gasteiger partial charge on any atom is 0.135 e. The molecule has 0 aliphatic heterocycles. The summed E-state index contributed by atoms with van der Waals surface area (Å²) < 4.78 is 11.0. The van der Waals surface area contributed by atoms with Crippen LogP contribution in [0, 0.1) is 18.3 Å². The Morgan fingerprint density at radius 3 is 1.83 bits per heavy atom. The smallest absolute Gasteiger partial charge is 0.135 e. The highest BCUT2D eigenvalue weighted by Gasteiger charge is 2.17. The lowest BCUT2D eigenvalue weighted by atomic mass is 10.0. The van der Waals surface area contributed by atoms with Crippen LogP contribution in [-0.2, 0) is 0 Å². The van der Waals surface area contributed by atoms with E-state index in [1.165, 1.54) is 32.8 Å². The normalized spacial score (nSPS) is 11.8. The number of nitriles is 1. The molecule has 3 heterocycles. The molecule has 224 valence electrons. The number of hydrogen-bond acceptors (Lipinski definition) is 2. The van der Waals surface area contributed by atoms with Crippen molar-refractivity contribution in [1.29, 1.82) is 5.26 Å². The van der Waals surface area contributed by atoms with Gasteiger partial charge in [0.15, 0.2) is 0 Å². The van der Waals surface area contributed by atoms with Crippen LogP contribution in [0.2, 0.25) is 0 Å². The summed E-state index contributed by atoms with van der Waals surface area (Å²) in [4.78, 5) is 0. The molecule has 3 aromatic heterocycles. The van der Waals surface area contributed by atoms with Crippen LogP contribution in [0.3, 0.4) is 0 Å². The van der Waals surface area contributed by atoms with E-state index >= 15 is 0 Å². The summed E-state index contributed by atoms with van der Waals surface area (Å²) in [6.45, 7) is 2.12. The van der Waals surface area contributed by atoms with Gasteiger partial charge in [-0.15, -0.1) is 0 Å². The van der Waals surface area contributed by atoms with E-state index in [0.29, 0.717) is 5.56 Å². The van der Waals surface area contributed by atoms with Gasteiger partial charge in [0.2, 0.25) is 0 Å². The quantitative estimate of drug-likeness (QED) is 0.199. The molecule has 0 fully saturated rings. The molecule has 0 aliphatic carbocycles. The number of para-hydroxylation sites is 2. The average molecular weight is 614 g/mol. The summed E-state index contributed by atoms with van der Waals surface area (Å²) in [5, 5.41) is 16.7. The highest BCUT2D eigenvalue weighted by atomic mass is 16.3. The molecular formula is C44H27N3O. The second kappa shape index (κ2) is 9.96. The minimum atomic E-state index is 0.644. The minimum absolute atomic E-state index is 0.644. The van der Waals surface area contributed by atoms with Gasteiger partial charge >= 0.3 is 0 Å². The Morgan fingerprint density at radius 1 is 0.458 bits per heavy atom. The molecule has 0 atom stereocenters. The number of furan rings is 1. The molecule has 0 aliphatic rings. The third kappa shape index (κ3) is 3.82. The summed E-state index contributed by atoms with van der Waals surface area (Å²) in [6, 6.07) is 53.7. The lowest BCUT2D eigenvalue weighted by Gasteiger charge is -2.10. The minimum Gasteiger partial charge on any atom is -0.456 e. The molecule has 0 radical (unpaired) electrons. The Balaban J connectivity index is 1.15. The molecular weight excluding hydrogens is 587 g/mol. The maximum atomic E-state index is 9.72. The molecule has 7 aromatic carbocycles. The third-order valence-electron chi connectivity index (χ3n) is 9.78. The van der Waals surface area contributed by atoms with Crippen molar-refractivity contribution in [3.05, 3.63) is 157 Å². The largest absolute Gasteiger partial charge is 0.456 e. The molecule has 10 aromatic rings. The van der Waals surface area contributed by atoms with Crippen molar-refractivity contribution in [2.24, 2.45) is 0 Å². The first-order valence-corrected chi connectivity index (χ1v) is 16.2. The van der Waals surface area contributed by atoms with Crippen molar-refractivity contribution in [2.75, 3.05) is 0 Å². The van der Waals surface area contributed by atoms with Crippen molar-refractivity contribution in [1.82, 2.24) is 9.13 Å². The topological polar surface area (TPSA) is 46.8 Å². The summed E-state index contributed by atoms with van der Waals surface area (Å²) in [5.74, 6) is 0. The summed E-state index contributed by atoms with van der Waals surface area (Å²) in [5.41, 5.74) is 12.5. The molecule has 0 amide bonds. The highest BCUT2D eigenvalue weighted by Crippen LogP contribution is 2.38. The summed E-state index contributed by atoms with van der Waals surface area (Å²) in [7, 11) is 0. The van der Waals surface area contributed by atoms with E-state index in [4.69, 9.17) is 4.42 Å². The number of fused-ring (bicyclic) bond motifs is 9. The fourth-order valence-electron chi connectivity index (χ4n) is 7.59. The Kier molecular flexibility index (Phi) is 5.53. The van der Waals surface area contributed by atoms with Crippen LogP contribution in [0.25, 0.3) is 88.1 Å². The molecule has 4 nitrogen and oxygen atoms in total. The fourth-order valence-corrected chi connectivity index (χ4v) is 7.59. The first-order chi connectivity index (χ1) is 23.6. The van der Waals surface area contributed by atoms with E-state index in [0.717, 1.165) is 60.9 Å². The molecule has 0 spiro atoms. The monoisotopic (exact) mass is 613 g/mol. The van der Waals surface area contributed by atoms with Crippen LogP contribution in [0.1, 0.15) is 11.1 Å². The van der Waals surface area contributed by atoms with Crippen LogP contribution in [0.15, 0.2) is 150 Å². The zero-order valence-electron chi connectivity index (χ0n) is 26.1.